The highest BCUT2D eigenvalue weighted by Gasteiger charge is 2.13. The highest BCUT2D eigenvalue weighted by molar-refractivity contribution is 4.66. The first kappa shape index (κ1) is 19.3. The molecule has 1 rings (SSSR count). The minimum Gasteiger partial charge on any atom is -0.0656 e. The lowest BCUT2D eigenvalue weighted by Gasteiger charge is -2.09. The fraction of sp³-hybridized carbons (Fsp3) is 1.00. The molecule has 0 heteroatoms. The first-order valence-electron chi connectivity index (χ1n) is 8.15. The van der Waals surface area contributed by atoms with E-state index in [9.17, 15) is 0 Å². The first-order valence-corrected chi connectivity index (χ1v) is 8.15. The van der Waals surface area contributed by atoms with Crippen LogP contribution in [0, 0.1) is 11.8 Å². The van der Waals surface area contributed by atoms with E-state index in [0.717, 1.165) is 11.8 Å². The van der Waals surface area contributed by atoms with Crippen molar-refractivity contribution in [3.63, 3.8) is 0 Å². The molecule has 0 saturated heterocycles. The molecule has 0 heterocycles. The minimum atomic E-state index is 1.01. The highest BCUT2D eigenvalue weighted by Crippen LogP contribution is 2.28. The second-order valence-corrected chi connectivity index (χ2v) is 5.59. The second-order valence-electron chi connectivity index (χ2n) is 5.59. The summed E-state index contributed by atoms with van der Waals surface area (Å²) < 4.78 is 0. The summed E-state index contributed by atoms with van der Waals surface area (Å²) in [6.45, 7) is 13.3. The van der Waals surface area contributed by atoms with Gasteiger partial charge in [-0.1, -0.05) is 99.3 Å². The van der Waals surface area contributed by atoms with Crippen molar-refractivity contribution in [3.05, 3.63) is 0 Å². The Balaban J connectivity index is 0. The minimum absolute atomic E-state index is 1.01. The Labute approximate surface area is 112 Å². The van der Waals surface area contributed by atoms with E-state index in [1.54, 1.807) is 0 Å². The molecule has 1 fully saturated rings. The Hall–Kier alpha value is 0. The molecular weight excluding hydrogens is 204 g/mol. The Morgan fingerprint density at radius 1 is 0.765 bits per heavy atom. The van der Waals surface area contributed by atoms with Crippen LogP contribution in [-0.2, 0) is 0 Å². The largest absolute Gasteiger partial charge is 0.0656 e. The predicted octanol–water partition coefficient (Wildman–Crippen LogP) is 6.84. The Bertz CT molecular complexity index is 115. The van der Waals surface area contributed by atoms with Gasteiger partial charge in [-0.3, -0.25) is 0 Å². The van der Waals surface area contributed by atoms with Crippen LogP contribution >= 0.6 is 0 Å². The van der Waals surface area contributed by atoms with Crippen molar-refractivity contribution in [1.82, 2.24) is 0 Å². The molecule has 0 radical (unpaired) electrons. The van der Waals surface area contributed by atoms with Gasteiger partial charge < -0.3 is 0 Å². The van der Waals surface area contributed by atoms with Crippen LogP contribution in [0.3, 0.4) is 0 Å². The standard InChI is InChI=1S/C10H20.C4H10.C3H8/c1-3-10-6-4-5-9(2)7-8-10;1-3-4-2;1-3-2/h9-10H,3-8H2,1-2H3;3-4H2,1-2H3;3H2,1-2H3. The molecule has 17 heavy (non-hydrogen) atoms. The van der Waals surface area contributed by atoms with E-state index in [2.05, 4.69) is 41.5 Å². The molecule has 0 bridgehead atoms. The summed E-state index contributed by atoms with van der Waals surface area (Å²) in [5, 5.41) is 0. The molecule has 0 aromatic carbocycles. The van der Waals surface area contributed by atoms with E-state index in [1.807, 2.05) is 0 Å². The molecule has 1 saturated carbocycles. The lowest BCUT2D eigenvalue weighted by Crippen LogP contribution is -1.95. The normalized spacial score (nSPS) is 23.6. The molecular formula is C17H38. The van der Waals surface area contributed by atoms with Crippen molar-refractivity contribution in [2.45, 2.75) is 99.3 Å². The topological polar surface area (TPSA) is 0 Å². The van der Waals surface area contributed by atoms with Crippen LogP contribution in [0.2, 0.25) is 0 Å². The SMILES string of the molecule is CCC.CCC1CCCC(C)CC1.CCCC. The Morgan fingerprint density at radius 2 is 1.29 bits per heavy atom. The Morgan fingerprint density at radius 3 is 1.71 bits per heavy atom. The zero-order chi connectivity index (χ0) is 13.5. The quantitative estimate of drug-likeness (QED) is 0.465. The van der Waals surface area contributed by atoms with Crippen LogP contribution in [0.25, 0.3) is 0 Å². The van der Waals surface area contributed by atoms with Crippen molar-refractivity contribution in [2.24, 2.45) is 11.8 Å². The van der Waals surface area contributed by atoms with E-state index in [4.69, 9.17) is 0 Å². The Kier molecular flexibility index (Phi) is 18.2. The van der Waals surface area contributed by atoms with E-state index in [-0.39, 0.29) is 0 Å². The summed E-state index contributed by atoms with van der Waals surface area (Å²) in [6, 6.07) is 0. The molecule has 2 atom stereocenters. The molecule has 0 aromatic rings. The molecule has 1 aliphatic carbocycles. The van der Waals surface area contributed by atoms with E-state index < -0.39 is 0 Å². The third kappa shape index (κ3) is 16.0. The third-order valence-electron chi connectivity index (χ3n) is 3.45. The maximum Gasteiger partial charge on any atom is -0.0417 e. The van der Waals surface area contributed by atoms with Gasteiger partial charge in [0.2, 0.25) is 0 Å². The lowest BCUT2D eigenvalue weighted by atomic mass is 9.97. The van der Waals surface area contributed by atoms with Gasteiger partial charge in [0.05, 0.1) is 0 Å². The van der Waals surface area contributed by atoms with Crippen LogP contribution in [0.15, 0.2) is 0 Å². The molecule has 0 aliphatic heterocycles. The molecule has 1 aliphatic rings. The maximum atomic E-state index is 2.40. The summed E-state index contributed by atoms with van der Waals surface area (Å²) in [7, 11) is 0. The average Bonchev–Trinajstić information content (AvgIpc) is 2.55. The van der Waals surface area contributed by atoms with Gasteiger partial charge in [-0.2, -0.15) is 0 Å². The number of hydrogen-bond acceptors (Lipinski definition) is 0. The summed E-state index contributed by atoms with van der Waals surface area (Å²) in [5.41, 5.74) is 0. The smallest absolute Gasteiger partial charge is 0.0417 e. The van der Waals surface area contributed by atoms with Gasteiger partial charge in [0, 0.05) is 0 Å². The molecule has 0 nitrogen and oxygen atoms in total. The summed E-state index contributed by atoms with van der Waals surface area (Å²) in [5.74, 6) is 2.07. The van der Waals surface area contributed by atoms with Crippen LogP contribution in [0.5, 0.6) is 0 Å². The summed E-state index contributed by atoms with van der Waals surface area (Å²) >= 11 is 0. The van der Waals surface area contributed by atoms with Crippen LogP contribution in [-0.4, -0.2) is 0 Å². The van der Waals surface area contributed by atoms with Gasteiger partial charge in [-0.25, -0.2) is 0 Å². The van der Waals surface area contributed by atoms with Gasteiger partial charge in [-0.05, 0) is 11.8 Å². The number of unbranched alkanes of at least 4 members (excludes halogenated alkanes) is 1. The monoisotopic (exact) mass is 242 g/mol. The van der Waals surface area contributed by atoms with Crippen molar-refractivity contribution in [3.8, 4) is 0 Å². The van der Waals surface area contributed by atoms with Crippen LogP contribution < -0.4 is 0 Å². The molecule has 2 unspecified atom stereocenters. The van der Waals surface area contributed by atoms with E-state index >= 15 is 0 Å². The van der Waals surface area contributed by atoms with Gasteiger partial charge in [0.15, 0.2) is 0 Å². The van der Waals surface area contributed by atoms with E-state index in [0.29, 0.717) is 0 Å². The molecule has 0 spiro atoms. The summed E-state index contributed by atoms with van der Waals surface area (Å²) in [6.07, 6.45) is 12.7. The van der Waals surface area contributed by atoms with Crippen molar-refractivity contribution >= 4 is 0 Å². The maximum absolute atomic E-state index is 2.40. The predicted molar refractivity (Wildman–Crippen MR) is 82.6 cm³/mol. The van der Waals surface area contributed by atoms with E-state index in [1.165, 1.54) is 57.8 Å². The highest BCUT2D eigenvalue weighted by atomic mass is 14.2. The third-order valence-corrected chi connectivity index (χ3v) is 3.45. The zero-order valence-electron chi connectivity index (χ0n) is 13.5. The second kappa shape index (κ2) is 16.0. The van der Waals surface area contributed by atoms with Crippen molar-refractivity contribution < 1.29 is 0 Å². The lowest BCUT2D eigenvalue weighted by molar-refractivity contribution is 0.434. The van der Waals surface area contributed by atoms with Crippen LogP contribution in [0.4, 0.5) is 0 Å². The molecule has 0 N–H and O–H groups in total. The van der Waals surface area contributed by atoms with Gasteiger partial charge in [-0.15, -0.1) is 0 Å². The number of rotatable bonds is 2. The van der Waals surface area contributed by atoms with Gasteiger partial charge >= 0.3 is 0 Å². The van der Waals surface area contributed by atoms with Gasteiger partial charge in [0.25, 0.3) is 0 Å². The van der Waals surface area contributed by atoms with Crippen molar-refractivity contribution in [2.75, 3.05) is 0 Å². The van der Waals surface area contributed by atoms with Crippen LogP contribution in [0.1, 0.15) is 99.3 Å². The fourth-order valence-electron chi connectivity index (χ4n) is 1.97. The molecule has 0 amide bonds. The van der Waals surface area contributed by atoms with Gasteiger partial charge in [0.1, 0.15) is 0 Å². The summed E-state index contributed by atoms with van der Waals surface area (Å²) in [4.78, 5) is 0. The fourth-order valence-corrected chi connectivity index (χ4v) is 1.97. The van der Waals surface area contributed by atoms with Crippen molar-refractivity contribution in [1.29, 1.82) is 0 Å². The molecule has 0 aromatic heterocycles. The zero-order valence-corrected chi connectivity index (χ0v) is 13.5. The average molecular weight is 242 g/mol. The molecule has 106 valence electrons. The number of hydrogen-bond donors (Lipinski definition) is 0. The first-order chi connectivity index (χ1) is 8.15.